The molecular weight excluding hydrogens is 287 g/mol. The van der Waals surface area contributed by atoms with Crippen LogP contribution in [0.3, 0.4) is 0 Å². The number of benzene rings is 1. The van der Waals surface area contributed by atoms with Crippen LogP contribution in [0.25, 0.3) is 0 Å². The van der Waals surface area contributed by atoms with E-state index in [0.29, 0.717) is 12.1 Å². The lowest BCUT2D eigenvalue weighted by Crippen LogP contribution is -2.45. The van der Waals surface area contributed by atoms with Crippen molar-refractivity contribution in [2.24, 2.45) is 0 Å². The maximum absolute atomic E-state index is 12.4. The van der Waals surface area contributed by atoms with Gasteiger partial charge in [0.15, 0.2) is 0 Å². The number of alkyl halides is 3. The summed E-state index contributed by atoms with van der Waals surface area (Å²) in [5.41, 5.74) is -1.14. The van der Waals surface area contributed by atoms with E-state index < -0.39 is 38.7 Å². The molecule has 0 fully saturated rings. The highest BCUT2D eigenvalue weighted by Gasteiger charge is 2.31. The van der Waals surface area contributed by atoms with E-state index in [1.165, 1.54) is 0 Å². The van der Waals surface area contributed by atoms with Crippen molar-refractivity contribution in [3.05, 3.63) is 29.8 Å². The Morgan fingerprint density at radius 1 is 1.37 bits per heavy atom. The molecule has 0 saturated heterocycles. The Labute approximate surface area is 107 Å². The lowest BCUT2D eigenvalue weighted by atomic mass is 10.2. The lowest BCUT2D eigenvalue weighted by Gasteiger charge is -2.15. The van der Waals surface area contributed by atoms with Gasteiger partial charge in [-0.1, -0.05) is 6.07 Å². The van der Waals surface area contributed by atoms with Gasteiger partial charge in [-0.15, -0.1) is 0 Å². The zero-order valence-electron chi connectivity index (χ0n) is 9.56. The molecule has 0 spiro atoms. The van der Waals surface area contributed by atoms with Crippen molar-refractivity contribution < 1.29 is 31.5 Å². The quantitative estimate of drug-likeness (QED) is 0.855. The molecule has 0 bridgehead atoms. The molecule has 1 N–H and O–H groups in total. The van der Waals surface area contributed by atoms with E-state index in [1.54, 1.807) is 4.72 Å². The summed E-state index contributed by atoms with van der Waals surface area (Å²) in [5, 5.41) is 10.4. The summed E-state index contributed by atoms with van der Waals surface area (Å²) >= 11 is 0. The number of halogens is 3. The molecule has 0 aliphatic carbocycles. The maximum Gasteiger partial charge on any atom is 0.416 e. The second-order valence-electron chi connectivity index (χ2n) is 3.69. The minimum atomic E-state index is -4.69. The molecule has 0 radical (unpaired) electrons. The summed E-state index contributed by atoms with van der Waals surface area (Å²) in [4.78, 5) is 9.75. The number of hydrogen-bond donors (Lipinski definition) is 1. The predicted octanol–water partition coefficient (Wildman–Crippen LogP) is 0.122. The van der Waals surface area contributed by atoms with Crippen LogP contribution >= 0.6 is 0 Å². The van der Waals surface area contributed by atoms with Gasteiger partial charge in [-0.05, 0) is 25.1 Å². The first-order valence-corrected chi connectivity index (χ1v) is 6.43. The fraction of sp³-hybridized carbons (Fsp3) is 0.300. The Morgan fingerprint density at radius 3 is 2.42 bits per heavy atom. The third-order valence-corrected chi connectivity index (χ3v) is 3.70. The first-order chi connectivity index (χ1) is 8.54. The molecule has 1 rings (SSSR count). The predicted molar refractivity (Wildman–Crippen MR) is 56.2 cm³/mol. The van der Waals surface area contributed by atoms with Gasteiger partial charge >= 0.3 is 6.18 Å². The molecule has 1 unspecified atom stereocenters. The third-order valence-electron chi connectivity index (χ3n) is 2.16. The topological polar surface area (TPSA) is 86.3 Å². The van der Waals surface area contributed by atoms with Crippen molar-refractivity contribution in [3.63, 3.8) is 0 Å². The second kappa shape index (κ2) is 5.17. The summed E-state index contributed by atoms with van der Waals surface area (Å²) in [5.74, 6) is -1.68. The van der Waals surface area contributed by atoms with Crippen LogP contribution in [0.5, 0.6) is 0 Å². The normalized spacial score (nSPS) is 14.1. The van der Waals surface area contributed by atoms with Crippen molar-refractivity contribution in [3.8, 4) is 0 Å². The van der Waals surface area contributed by atoms with Crippen LogP contribution in [-0.4, -0.2) is 20.4 Å². The number of rotatable bonds is 4. The van der Waals surface area contributed by atoms with Crippen molar-refractivity contribution in [1.29, 1.82) is 0 Å². The van der Waals surface area contributed by atoms with Gasteiger partial charge in [-0.25, -0.2) is 13.1 Å². The Hall–Kier alpha value is -1.61. The maximum atomic E-state index is 12.4. The number of sulfonamides is 1. The van der Waals surface area contributed by atoms with Gasteiger partial charge in [-0.2, -0.15) is 13.2 Å². The van der Waals surface area contributed by atoms with Crippen molar-refractivity contribution >= 4 is 16.0 Å². The number of carbonyl (C=O) groups excluding carboxylic acids is 1. The first kappa shape index (κ1) is 15.4. The number of aliphatic carboxylic acids is 1. The van der Waals surface area contributed by atoms with Crippen molar-refractivity contribution in [2.75, 3.05) is 0 Å². The zero-order chi connectivity index (χ0) is 14.8. The fourth-order valence-corrected chi connectivity index (χ4v) is 2.43. The van der Waals surface area contributed by atoms with E-state index in [-0.39, 0.29) is 0 Å². The van der Waals surface area contributed by atoms with Crippen LogP contribution in [0.4, 0.5) is 13.2 Å². The standard InChI is InChI=1S/C10H10F3NO4S/c1-6(9(15)16)14-19(17,18)8-4-2-3-7(5-8)10(11,12)13/h2-6,14H,1H3,(H,15,16)/p-1. The van der Waals surface area contributed by atoms with E-state index in [1.807, 2.05) is 0 Å². The number of carboxylic acid groups (broad SMARTS) is 1. The van der Waals surface area contributed by atoms with Gasteiger partial charge < -0.3 is 9.90 Å². The molecule has 0 saturated carbocycles. The fourth-order valence-electron chi connectivity index (χ4n) is 1.19. The molecule has 5 nitrogen and oxygen atoms in total. The minimum Gasteiger partial charge on any atom is -0.548 e. The first-order valence-electron chi connectivity index (χ1n) is 4.94. The molecule has 106 valence electrons. The van der Waals surface area contributed by atoms with E-state index in [9.17, 15) is 31.5 Å². The Morgan fingerprint density at radius 2 is 1.95 bits per heavy atom. The molecule has 9 heteroatoms. The summed E-state index contributed by atoms with van der Waals surface area (Å²) < 4.78 is 62.3. The lowest BCUT2D eigenvalue weighted by molar-refractivity contribution is -0.307. The van der Waals surface area contributed by atoms with Gasteiger partial charge in [0.25, 0.3) is 0 Å². The average Bonchev–Trinajstić information content (AvgIpc) is 2.27. The number of carboxylic acids is 1. The summed E-state index contributed by atoms with van der Waals surface area (Å²) in [6.07, 6.45) is -4.69. The smallest absolute Gasteiger partial charge is 0.416 e. The van der Waals surface area contributed by atoms with E-state index >= 15 is 0 Å². The van der Waals surface area contributed by atoms with Crippen LogP contribution in [0, 0.1) is 0 Å². The third kappa shape index (κ3) is 3.93. The highest BCUT2D eigenvalue weighted by molar-refractivity contribution is 7.89. The van der Waals surface area contributed by atoms with Gasteiger partial charge in [-0.3, -0.25) is 0 Å². The monoisotopic (exact) mass is 296 g/mol. The van der Waals surface area contributed by atoms with Crippen molar-refractivity contribution in [1.82, 2.24) is 4.72 Å². The number of hydrogen-bond acceptors (Lipinski definition) is 4. The van der Waals surface area contributed by atoms with Gasteiger partial charge in [0.05, 0.1) is 22.5 Å². The molecule has 0 heterocycles. The van der Waals surface area contributed by atoms with E-state index in [2.05, 4.69) is 0 Å². The molecule has 0 aliphatic heterocycles. The summed E-state index contributed by atoms with van der Waals surface area (Å²) in [6, 6.07) is 1.42. The largest absolute Gasteiger partial charge is 0.548 e. The van der Waals surface area contributed by atoms with Crippen LogP contribution in [0.15, 0.2) is 29.2 Å². The number of carbonyl (C=O) groups is 1. The number of nitrogens with one attached hydrogen (secondary N) is 1. The van der Waals surface area contributed by atoms with E-state index in [0.717, 1.165) is 19.1 Å². The molecule has 1 atom stereocenters. The molecule has 1 aromatic rings. The van der Waals surface area contributed by atoms with Gasteiger partial charge in [0.2, 0.25) is 10.0 Å². The molecular formula is C10H9F3NO4S-. The zero-order valence-corrected chi connectivity index (χ0v) is 10.4. The minimum absolute atomic E-state index is 0.421. The molecule has 0 amide bonds. The molecule has 0 aliphatic rings. The molecule has 1 aromatic carbocycles. The second-order valence-corrected chi connectivity index (χ2v) is 5.40. The van der Waals surface area contributed by atoms with Crippen LogP contribution in [-0.2, 0) is 21.0 Å². The Bertz CT molecular complexity index is 583. The highest BCUT2D eigenvalue weighted by atomic mass is 32.2. The average molecular weight is 296 g/mol. The molecule has 19 heavy (non-hydrogen) atoms. The molecule has 0 aromatic heterocycles. The van der Waals surface area contributed by atoms with Crippen LogP contribution in [0.2, 0.25) is 0 Å². The van der Waals surface area contributed by atoms with Crippen molar-refractivity contribution in [2.45, 2.75) is 24.0 Å². The van der Waals surface area contributed by atoms with E-state index in [4.69, 9.17) is 0 Å². The van der Waals surface area contributed by atoms with Crippen LogP contribution < -0.4 is 9.83 Å². The Kier molecular flexibility index (Phi) is 4.21. The Balaban J connectivity index is 3.13. The summed E-state index contributed by atoms with van der Waals surface area (Å²) in [7, 11) is -4.36. The SMILES string of the molecule is CC(NS(=O)(=O)c1cccc(C(F)(F)F)c1)C(=O)[O-]. The summed E-state index contributed by atoms with van der Waals surface area (Å²) in [6.45, 7) is 1.00. The van der Waals surface area contributed by atoms with Crippen LogP contribution in [0.1, 0.15) is 12.5 Å². The van der Waals surface area contributed by atoms with Gasteiger partial charge in [0, 0.05) is 0 Å². The highest BCUT2D eigenvalue weighted by Crippen LogP contribution is 2.30. The van der Waals surface area contributed by atoms with Gasteiger partial charge in [0.1, 0.15) is 0 Å².